The zero-order valence-corrected chi connectivity index (χ0v) is 15.8. The van der Waals surface area contributed by atoms with Crippen LogP contribution in [0.5, 0.6) is 0 Å². The molecule has 140 valence electrons. The van der Waals surface area contributed by atoms with Gasteiger partial charge in [0.05, 0.1) is 5.69 Å². The van der Waals surface area contributed by atoms with Crippen molar-refractivity contribution in [3.63, 3.8) is 0 Å². The number of anilines is 1. The predicted molar refractivity (Wildman–Crippen MR) is 103 cm³/mol. The molecule has 3 rings (SSSR count). The van der Waals surface area contributed by atoms with Crippen molar-refractivity contribution in [2.24, 2.45) is 0 Å². The van der Waals surface area contributed by atoms with E-state index in [1.165, 1.54) is 6.92 Å². The summed E-state index contributed by atoms with van der Waals surface area (Å²) in [6, 6.07) is 13.5. The standard InChI is InChI=1S/C21H22N2O4/c1-12(2)19-18(13(3)23-27-19)21(25)26-14(4)20(24)22-17-10-9-15-7-5-6-8-16(15)11-17/h5-12,14H,1-4H3,(H,22,24)/t14-/m0/s1. The third-order valence-electron chi connectivity index (χ3n) is 4.29. The summed E-state index contributed by atoms with van der Waals surface area (Å²) in [4.78, 5) is 24.9. The summed E-state index contributed by atoms with van der Waals surface area (Å²) < 4.78 is 10.5. The number of esters is 1. The summed E-state index contributed by atoms with van der Waals surface area (Å²) in [5.41, 5.74) is 1.38. The van der Waals surface area contributed by atoms with Gasteiger partial charge in [0, 0.05) is 11.6 Å². The van der Waals surface area contributed by atoms with Gasteiger partial charge in [0.1, 0.15) is 5.56 Å². The molecule has 0 saturated carbocycles. The maximum absolute atomic E-state index is 12.5. The van der Waals surface area contributed by atoms with Crippen LogP contribution in [0.2, 0.25) is 0 Å². The molecule has 0 saturated heterocycles. The lowest BCUT2D eigenvalue weighted by molar-refractivity contribution is -0.123. The molecular formula is C21H22N2O4. The highest BCUT2D eigenvalue weighted by Gasteiger charge is 2.27. The number of ether oxygens (including phenoxy) is 1. The van der Waals surface area contributed by atoms with E-state index in [4.69, 9.17) is 9.26 Å². The molecular weight excluding hydrogens is 344 g/mol. The average Bonchev–Trinajstić information content (AvgIpc) is 3.03. The highest BCUT2D eigenvalue weighted by Crippen LogP contribution is 2.24. The number of hydrogen-bond donors (Lipinski definition) is 1. The number of fused-ring (bicyclic) bond motifs is 1. The van der Waals surface area contributed by atoms with Gasteiger partial charge in [-0.25, -0.2) is 4.79 Å². The lowest BCUT2D eigenvalue weighted by Gasteiger charge is -2.14. The maximum atomic E-state index is 12.5. The minimum absolute atomic E-state index is 0.0181. The minimum Gasteiger partial charge on any atom is -0.449 e. The van der Waals surface area contributed by atoms with Gasteiger partial charge in [0.15, 0.2) is 11.9 Å². The summed E-state index contributed by atoms with van der Waals surface area (Å²) >= 11 is 0. The van der Waals surface area contributed by atoms with Gasteiger partial charge in [-0.2, -0.15) is 0 Å². The van der Waals surface area contributed by atoms with Gasteiger partial charge in [0.25, 0.3) is 5.91 Å². The number of rotatable bonds is 5. The first kappa shape index (κ1) is 18.6. The number of carbonyl (C=O) groups excluding carboxylic acids is 2. The Morgan fingerprint density at radius 2 is 1.78 bits per heavy atom. The van der Waals surface area contributed by atoms with Crippen LogP contribution in [-0.4, -0.2) is 23.1 Å². The third-order valence-corrected chi connectivity index (χ3v) is 4.29. The van der Waals surface area contributed by atoms with E-state index < -0.39 is 18.0 Å². The first-order valence-corrected chi connectivity index (χ1v) is 8.83. The molecule has 1 amide bonds. The summed E-state index contributed by atoms with van der Waals surface area (Å²) in [5, 5.41) is 8.71. The fourth-order valence-corrected chi connectivity index (χ4v) is 2.81. The summed E-state index contributed by atoms with van der Waals surface area (Å²) in [7, 11) is 0. The molecule has 2 aromatic carbocycles. The second kappa shape index (κ2) is 7.61. The Balaban J connectivity index is 1.70. The number of amides is 1. The van der Waals surface area contributed by atoms with Gasteiger partial charge in [-0.05, 0) is 36.8 Å². The Kier molecular flexibility index (Phi) is 5.26. The van der Waals surface area contributed by atoms with Crippen molar-refractivity contribution in [3.05, 3.63) is 59.5 Å². The van der Waals surface area contributed by atoms with Crippen molar-refractivity contribution < 1.29 is 18.8 Å². The van der Waals surface area contributed by atoms with E-state index in [0.717, 1.165) is 10.8 Å². The number of aryl methyl sites for hydroxylation is 1. The molecule has 6 nitrogen and oxygen atoms in total. The smallest absolute Gasteiger partial charge is 0.344 e. The van der Waals surface area contributed by atoms with Gasteiger partial charge in [-0.3, -0.25) is 4.79 Å². The highest BCUT2D eigenvalue weighted by molar-refractivity contribution is 5.99. The highest BCUT2D eigenvalue weighted by atomic mass is 16.5. The zero-order valence-electron chi connectivity index (χ0n) is 15.8. The molecule has 0 spiro atoms. The fraction of sp³-hybridized carbons (Fsp3) is 0.286. The summed E-state index contributed by atoms with van der Waals surface area (Å²) in [5.74, 6) is -0.576. The van der Waals surface area contributed by atoms with Crippen LogP contribution in [0, 0.1) is 6.92 Å². The van der Waals surface area contributed by atoms with Gasteiger partial charge in [-0.1, -0.05) is 49.3 Å². The van der Waals surface area contributed by atoms with E-state index in [-0.39, 0.29) is 11.5 Å². The minimum atomic E-state index is -0.960. The molecule has 27 heavy (non-hydrogen) atoms. The monoisotopic (exact) mass is 366 g/mol. The van der Waals surface area contributed by atoms with Crippen LogP contribution >= 0.6 is 0 Å². The van der Waals surface area contributed by atoms with Crippen molar-refractivity contribution in [1.29, 1.82) is 0 Å². The molecule has 1 heterocycles. The lowest BCUT2D eigenvalue weighted by atomic mass is 10.1. The van der Waals surface area contributed by atoms with Crippen LogP contribution < -0.4 is 5.32 Å². The molecule has 6 heteroatoms. The van der Waals surface area contributed by atoms with Gasteiger partial charge in [-0.15, -0.1) is 0 Å². The molecule has 0 aliphatic carbocycles. The van der Waals surface area contributed by atoms with Crippen LogP contribution in [0.15, 0.2) is 47.0 Å². The Bertz CT molecular complexity index is 991. The zero-order chi connectivity index (χ0) is 19.6. The van der Waals surface area contributed by atoms with Gasteiger partial charge < -0.3 is 14.6 Å². The van der Waals surface area contributed by atoms with E-state index in [9.17, 15) is 9.59 Å². The Morgan fingerprint density at radius 3 is 2.48 bits per heavy atom. The Hall–Kier alpha value is -3.15. The molecule has 0 aliphatic rings. The molecule has 1 atom stereocenters. The van der Waals surface area contributed by atoms with Gasteiger partial charge in [0.2, 0.25) is 0 Å². The largest absolute Gasteiger partial charge is 0.449 e. The number of benzene rings is 2. The predicted octanol–water partition coefficient (Wildman–Crippen LogP) is 4.44. The van der Waals surface area contributed by atoms with Crippen molar-refractivity contribution in [1.82, 2.24) is 5.16 Å². The molecule has 0 fully saturated rings. The molecule has 0 radical (unpaired) electrons. The topological polar surface area (TPSA) is 81.4 Å². The van der Waals surface area contributed by atoms with Crippen molar-refractivity contribution in [3.8, 4) is 0 Å². The van der Waals surface area contributed by atoms with Crippen molar-refractivity contribution >= 4 is 28.3 Å². The molecule has 3 aromatic rings. The molecule has 0 bridgehead atoms. The normalized spacial score (nSPS) is 12.2. The molecule has 0 unspecified atom stereocenters. The molecule has 1 aromatic heterocycles. The number of nitrogens with zero attached hydrogens (tertiary/aromatic N) is 1. The number of aromatic nitrogens is 1. The second-order valence-corrected chi connectivity index (χ2v) is 6.76. The van der Waals surface area contributed by atoms with Crippen LogP contribution in [0.3, 0.4) is 0 Å². The van der Waals surface area contributed by atoms with E-state index in [0.29, 0.717) is 17.1 Å². The van der Waals surface area contributed by atoms with E-state index in [1.807, 2.05) is 56.3 Å². The van der Waals surface area contributed by atoms with Crippen LogP contribution in [0.4, 0.5) is 5.69 Å². The quantitative estimate of drug-likeness (QED) is 0.675. The SMILES string of the molecule is Cc1noc(C(C)C)c1C(=O)O[C@@H](C)C(=O)Nc1ccc2ccccc2c1. The van der Waals surface area contributed by atoms with Crippen LogP contribution in [0.1, 0.15) is 48.5 Å². The lowest BCUT2D eigenvalue weighted by Crippen LogP contribution is -2.30. The van der Waals surface area contributed by atoms with Crippen LogP contribution in [0.25, 0.3) is 10.8 Å². The fourth-order valence-electron chi connectivity index (χ4n) is 2.81. The summed E-state index contributed by atoms with van der Waals surface area (Å²) in [6.07, 6.45) is -0.960. The number of hydrogen-bond acceptors (Lipinski definition) is 5. The molecule has 0 aliphatic heterocycles. The van der Waals surface area contributed by atoms with Crippen molar-refractivity contribution in [2.45, 2.75) is 39.7 Å². The van der Waals surface area contributed by atoms with E-state index in [1.54, 1.807) is 6.92 Å². The Labute approximate surface area is 157 Å². The van der Waals surface area contributed by atoms with Crippen LogP contribution in [-0.2, 0) is 9.53 Å². The maximum Gasteiger partial charge on any atom is 0.344 e. The van der Waals surface area contributed by atoms with E-state index in [2.05, 4.69) is 10.5 Å². The summed E-state index contributed by atoms with van der Waals surface area (Å²) in [6.45, 7) is 7.00. The molecule has 1 N–H and O–H groups in total. The third kappa shape index (κ3) is 4.00. The van der Waals surface area contributed by atoms with Gasteiger partial charge >= 0.3 is 5.97 Å². The van der Waals surface area contributed by atoms with E-state index >= 15 is 0 Å². The first-order chi connectivity index (χ1) is 12.9. The second-order valence-electron chi connectivity index (χ2n) is 6.76. The number of nitrogens with one attached hydrogen (secondary N) is 1. The average molecular weight is 366 g/mol. The Morgan fingerprint density at radius 1 is 1.07 bits per heavy atom. The number of carbonyl (C=O) groups is 2. The first-order valence-electron chi connectivity index (χ1n) is 8.83. The van der Waals surface area contributed by atoms with Crippen molar-refractivity contribution in [2.75, 3.05) is 5.32 Å².